The zero-order valence-corrected chi connectivity index (χ0v) is 17.7. The summed E-state index contributed by atoms with van der Waals surface area (Å²) in [7, 11) is 0. The zero-order valence-electron chi connectivity index (χ0n) is 16.9. The van der Waals surface area contributed by atoms with Crippen molar-refractivity contribution >= 4 is 28.8 Å². The van der Waals surface area contributed by atoms with E-state index in [0.29, 0.717) is 29.4 Å². The lowest BCUT2D eigenvalue weighted by molar-refractivity contribution is 0.0735. The SMILES string of the molecule is CCOc1ccc(C(=O)N2CCC[C@@H]2c2nnc(C(=O)Nc3cccc(F)c3)s2)cc1. The number of aromatic nitrogens is 2. The number of halogens is 1. The molecule has 0 aliphatic carbocycles. The van der Waals surface area contributed by atoms with Gasteiger partial charge in [0.25, 0.3) is 11.8 Å². The summed E-state index contributed by atoms with van der Waals surface area (Å²) in [5.41, 5.74) is 0.916. The number of amides is 2. The van der Waals surface area contributed by atoms with Crippen molar-refractivity contribution in [3.8, 4) is 5.75 Å². The maximum atomic E-state index is 13.3. The van der Waals surface area contributed by atoms with Gasteiger partial charge in [-0.3, -0.25) is 9.59 Å². The van der Waals surface area contributed by atoms with Crippen LogP contribution in [-0.2, 0) is 0 Å². The van der Waals surface area contributed by atoms with Crippen LogP contribution in [0, 0.1) is 5.82 Å². The molecule has 1 aromatic heterocycles. The Hall–Kier alpha value is -3.33. The summed E-state index contributed by atoms with van der Waals surface area (Å²) < 4.78 is 18.8. The van der Waals surface area contributed by atoms with Gasteiger partial charge in [0.05, 0.1) is 12.6 Å². The predicted molar refractivity (Wildman–Crippen MR) is 115 cm³/mol. The van der Waals surface area contributed by atoms with Gasteiger partial charge < -0.3 is 15.0 Å². The van der Waals surface area contributed by atoms with E-state index in [1.807, 2.05) is 6.92 Å². The van der Waals surface area contributed by atoms with E-state index >= 15 is 0 Å². The molecule has 1 atom stereocenters. The number of rotatable bonds is 6. The molecule has 7 nitrogen and oxygen atoms in total. The largest absolute Gasteiger partial charge is 0.494 e. The molecule has 31 heavy (non-hydrogen) atoms. The third kappa shape index (κ3) is 4.72. The number of hydrogen-bond donors (Lipinski definition) is 1. The fraction of sp³-hybridized carbons (Fsp3) is 0.273. The number of hydrogen-bond acceptors (Lipinski definition) is 6. The molecular weight excluding hydrogens is 419 g/mol. The topological polar surface area (TPSA) is 84.4 Å². The van der Waals surface area contributed by atoms with Crippen LogP contribution in [0.4, 0.5) is 10.1 Å². The molecule has 0 unspecified atom stereocenters. The fourth-order valence-corrected chi connectivity index (χ4v) is 4.39. The van der Waals surface area contributed by atoms with Crippen molar-refractivity contribution in [3.63, 3.8) is 0 Å². The van der Waals surface area contributed by atoms with Gasteiger partial charge in [0, 0.05) is 17.8 Å². The lowest BCUT2D eigenvalue weighted by Gasteiger charge is -2.22. The number of nitrogens with zero attached hydrogens (tertiary/aromatic N) is 3. The minimum absolute atomic E-state index is 0.0912. The zero-order chi connectivity index (χ0) is 21.8. The average Bonchev–Trinajstić information content (AvgIpc) is 3.44. The van der Waals surface area contributed by atoms with Gasteiger partial charge in [0.1, 0.15) is 16.6 Å². The number of anilines is 1. The summed E-state index contributed by atoms with van der Waals surface area (Å²) in [6, 6.07) is 12.5. The highest BCUT2D eigenvalue weighted by Gasteiger charge is 2.33. The van der Waals surface area contributed by atoms with E-state index in [1.54, 1.807) is 35.2 Å². The van der Waals surface area contributed by atoms with Crippen molar-refractivity contribution < 1.29 is 18.7 Å². The van der Waals surface area contributed by atoms with E-state index in [-0.39, 0.29) is 17.0 Å². The van der Waals surface area contributed by atoms with Gasteiger partial charge in [0.2, 0.25) is 5.01 Å². The van der Waals surface area contributed by atoms with E-state index < -0.39 is 11.7 Å². The summed E-state index contributed by atoms with van der Waals surface area (Å²) in [6.07, 6.45) is 1.60. The first-order chi connectivity index (χ1) is 15.0. The standard InChI is InChI=1S/C22H21FN4O3S/c1-2-30-17-10-8-14(9-11-17)22(29)27-12-4-7-18(27)20-25-26-21(31-20)19(28)24-16-6-3-5-15(23)13-16/h3,5-6,8-11,13,18H,2,4,7,12H2,1H3,(H,24,28)/t18-/m1/s1. The molecule has 0 saturated carbocycles. The van der Waals surface area contributed by atoms with Gasteiger partial charge in [0.15, 0.2) is 0 Å². The molecule has 1 N–H and O–H groups in total. The molecule has 4 rings (SSSR count). The maximum absolute atomic E-state index is 13.3. The van der Waals surface area contributed by atoms with Gasteiger partial charge >= 0.3 is 0 Å². The van der Waals surface area contributed by atoms with Gasteiger partial charge in [-0.25, -0.2) is 4.39 Å². The molecule has 2 amide bonds. The Morgan fingerprint density at radius 3 is 2.77 bits per heavy atom. The Kier molecular flexibility index (Phi) is 6.22. The lowest BCUT2D eigenvalue weighted by atomic mass is 10.1. The second kappa shape index (κ2) is 9.22. The number of nitrogens with one attached hydrogen (secondary N) is 1. The van der Waals surface area contributed by atoms with E-state index in [1.165, 1.54) is 18.2 Å². The summed E-state index contributed by atoms with van der Waals surface area (Å²) in [5, 5.41) is 11.5. The normalized spacial score (nSPS) is 15.7. The smallest absolute Gasteiger partial charge is 0.286 e. The Morgan fingerprint density at radius 1 is 1.23 bits per heavy atom. The lowest BCUT2D eigenvalue weighted by Crippen LogP contribution is -2.30. The molecule has 0 bridgehead atoms. The summed E-state index contributed by atoms with van der Waals surface area (Å²) in [6.45, 7) is 3.08. The fourth-order valence-electron chi connectivity index (χ4n) is 3.50. The molecule has 1 fully saturated rings. The van der Waals surface area contributed by atoms with Crippen LogP contribution >= 0.6 is 11.3 Å². The Bertz CT molecular complexity index is 1090. The van der Waals surface area contributed by atoms with Crippen LogP contribution in [0.3, 0.4) is 0 Å². The highest BCUT2D eigenvalue weighted by Crippen LogP contribution is 2.35. The number of ether oxygens (including phenoxy) is 1. The van der Waals surface area contributed by atoms with Gasteiger partial charge in [-0.2, -0.15) is 0 Å². The molecular formula is C22H21FN4O3S. The quantitative estimate of drug-likeness (QED) is 0.618. The molecule has 3 aromatic rings. The highest BCUT2D eigenvalue weighted by molar-refractivity contribution is 7.13. The third-order valence-corrected chi connectivity index (χ3v) is 5.95. The average molecular weight is 441 g/mol. The summed E-state index contributed by atoms with van der Waals surface area (Å²) >= 11 is 1.15. The Morgan fingerprint density at radius 2 is 2.03 bits per heavy atom. The summed E-state index contributed by atoms with van der Waals surface area (Å²) in [4.78, 5) is 27.3. The molecule has 0 spiro atoms. The molecule has 2 aromatic carbocycles. The van der Waals surface area contributed by atoms with Crippen LogP contribution in [-0.4, -0.2) is 40.1 Å². The minimum Gasteiger partial charge on any atom is -0.494 e. The third-order valence-electron chi connectivity index (χ3n) is 4.93. The number of carbonyl (C=O) groups excluding carboxylic acids is 2. The van der Waals surface area contributed by atoms with Crippen LogP contribution in [0.2, 0.25) is 0 Å². The molecule has 2 heterocycles. The number of benzene rings is 2. The monoisotopic (exact) mass is 440 g/mol. The van der Waals surface area contributed by atoms with E-state index in [4.69, 9.17) is 4.74 Å². The summed E-state index contributed by atoms with van der Waals surface area (Å²) in [5.74, 6) is -0.275. The molecule has 160 valence electrons. The van der Waals surface area contributed by atoms with Crippen molar-refractivity contribution in [2.24, 2.45) is 0 Å². The van der Waals surface area contributed by atoms with E-state index in [0.717, 1.165) is 29.9 Å². The van der Waals surface area contributed by atoms with Crippen molar-refractivity contribution in [2.45, 2.75) is 25.8 Å². The van der Waals surface area contributed by atoms with Crippen molar-refractivity contribution in [3.05, 3.63) is 69.9 Å². The minimum atomic E-state index is -0.461. The van der Waals surface area contributed by atoms with E-state index in [9.17, 15) is 14.0 Å². The van der Waals surface area contributed by atoms with Crippen LogP contribution in [0.25, 0.3) is 0 Å². The first-order valence-electron chi connectivity index (χ1n) is 9.99. The van der Waals surface area contributed by atoms with Crippen LogP contribution in [0.1, 0.15) is 51.0 Å². The van der Waals surface area contributed by atoms with Crippen LogP contribution in [0.15, 0.2) is 48.5 Å². The van der Waals surface area contributed by atoms with Crippen molar-refractivity contribution in [1.29, 1.82) is 0 Å². The van der Waals surface area contributed by atoms with Crippen molar-refractivity contribution in [1.82, 2.24) is 15.1 Å². The first kappa shape index (κ1) is 20.9. The second-order valence-electron chi connectivity index (χ2n) is 7.02. The van der Waals surface area contributed by atoms with E-state index in [2.05, 4.69) is 15.5 Å². The predicted octanol–water partition coefficient (Wildman–Crippen LogP) is 4.31. The van der Waals surface area contributed by atoms with Crippen LogP contribution < -0.4 is 10.1 Å². The molecule has 1 saturated heterocycles. The number of likely N-dealkylation sites (tertiary alicyclic amines) is 1. The maximum Gasteiger partial charge on any atom is 0.286 e. The molecule has 1 aliphatic rings. The van der Waals surface area contributed by atoms with Gasteiger partial charge in [-0.1, -0.05) is 17.4 Å². The highest BCUT2D eigenvalue weighted by atomic mass is 32.1. The second-order valence-corrected chi connectivity index (χ2v) is 8.03. The Balaban J connectivity index is 1.47. The molecule has 0 radical (unpaired) electrons. The first-order valence-corrected chi connectivity index (χ1v) is 10.8. The number of carbonyl (C=O) groups is 2. The Labute approximate surface area is 182 Å². The van der Waals surface area contributed by atoms with Gasteiger partial charge in [-0.05, 0) is 62.2 Å². The van der Waals surface area contributed by atoms with Gasteiger partial charge in [-0.15, -0.1) is 10.2 Å². The molecule has 1 aliphatic heterocycles. The molecule has 9 heteroatoms. The van der Waals surface area contributed by atoms with Crippen LogP contribution in [0.5, 0.6) is 5.75 Å². The van der Waals surface area contributed by atoms with Crippen molar-refractivity contribution in [2.75, 3.05) is 18.5 Å².